The molecule has 0 bridgehead atoms. The number of nitrogens with zero attached hydrogens (tertiary/aromatic N) is 2. The number of carbonyl (C=O) groups is 2. The highest BCUT2D eigenvalue weighted by Crippen LogP contribution is 2.37. The van der Waals surface area contributed by atoms with E-state index in [0.717, 1.165) is 23.3 Å². The van der Waals surface area contributed by atoms with E-state index in [2.05, 4.69) is 5.32 Å². The molecule has 2 amide bonds. The fourth-order valence-electron chi connectivity index (χ4n) is 4.26. The minimum absolute atomic E-state index is 0.0513. The Hall–Kier alpha value is -3.64. The van der Waals surface area contributed by atoms with Crippen LogP contribution in [0, 0.1) is 11.7 Å². The second-order valence-corrected chi connectivity index (χ2v) is 12.7. The fraction of sp³-hybridized carbons (Fsp3) is 0.333. The van der Waals surface area contributed by atoms with Gasteiger partial charge in [0.1, 0.15) is 18.4 Å². The highest BCUT2D eigenvalue weighted by Gasteiger charge is 2.36. The molecule has 1 atom stereocenters. The van der Waals surface area contributed by atoms with E-state index in [1.54, 1.807) is 30.3 Å². The molecule has 0 unspecified atom stereocenters. The number of halogens is 5. The van der Waals surface area contributed by atoms with E-state index in [1.165, 1.54) is 24.3 Å². The number of rotatable bonds is 12. The first-order valence-electron chi connectivity index (χ1n) is 13.3. The molecular weight excluding hydrogens is 610 g/mol. The van der Waals surface area contributed by atoms with Crippen LogP contribution in [0.25, 0.3) is 0 Å². The quantitative estimate of drug-likeness (QED) is 0.258. The number of amides is 2. The Balaban J connectivity index is 2.09. The normalized spacial score (nSPS) is 12.6. The van der Waals surface area contributed by atoms with Crippen LogP contribution in [0.1, 0.15) is 30.5 Å². The standard InChI is InChI=1S/C30H32ClF4N3O4S/c1-20(2)17-36-29(40)27(15-21-7-5-4-6-8-21)37(18-22-9-11-23(32)12-10-22)28(39)19-38(43(3,41)42)24-13-14-26(31)25(16-24)30(33,34)35/h4-14,16,20,27H,15,17-19H2,1-3H3,(H,36,40)/t27-/m0/s1. The second kappa shape index (κ2) is 14.2. The third-order valence-electron chi connectivity index (χ3n) is 6.44. The van der Waals surface area contributed by atoms with Gasteiger partial charge in [-0.2, -0.15) is 13.2 Å². The third-order valence-corrected chi connectivity index (χ3v) is 7.91. The highest BCUT2D eigenvalue weighted by atomic mass is 35.5. The Bertz CT molecular complexity index is 1520. The summed E-state index contributed by atoms with van der Waals surface area (Å²) in [6.07, 6.45) is -4.08. The lowest BCUT2D eigenvalue weighted by molar-refractivity contribution is -0.140. The molecule has 3 rings (SSSR count). The maximum Gasteiger partial charge on any atom is 0.417 e. The molecule has 0 aromatic heterocycles. The van der Waals surface area contributed by atoms with Crippen molar-refractivity contribution in [3.63, 3.8) is 0 Å². The van der Waals surface area contributed by atoms with Crippen molar-refractivity contribution in [2.24, 2.45) is 5.92 Å². The van der Waals surface area contributed by atoms with Crippen molar-refractivity contribution < 1.29 is 35.6 Å². The van der Waals surface area contributed by atoms with Crippen LogP contribution in [0.3, 0.4) is 0 Å². The van der Waals surface area contributed by atoms with Crippen molar-refractivity contribution in [1.29, 1.82) is 0 Å². The van der Waals surface area contributed by atoms with Crippen molar-refractivity contribution in [2.45, 2.75) is 39.0 Å². The van der Waals surface area contributed by atoms with E-state index >= 15 is 0 Å². The molecule has 1 N–H and O–H groups in total. The number of hydrogen-bond donors (Lipinski definition) is 1. The Kier molecular flexibility index (Phi) is 11.2. The van der Waals surface area contributed by atoms with E-state index in [1.807, 2.05) is 13.8 Å². The molecule has 0 saturated carbocycles. The van der Waals surface area contributed by atoms with Crippen LogP contribution in [0.5, 0.6) is 0 Å². The zero-order valence-electron chi connectivity index (χ0n) is 23.7. The summed E-state index contributed by atoms with van der Waals surface area (Å²) in [5, 5.41) is 2.17. The number of alkyl halides is 3. The van der Waals surface area contributed by atoms with Crippen molar-refractivity contribution >= 4 is 39.1 Å². The lowest BCUT2D eigenvalue weighted by atomic mass is 10.0. The lowest BCUT2D eigenvalue weighted by Crippen LogP contribution is -2.53. The van der Waals surface area contributed by atoms with Crippen molar-refractivity contribution in [2.75, 3.05) is 23.7 Å². The van der Waals surface area contributed by atoms with Crippen molar-refractivity contribution in [3.8, 4) is 0 Å². The number of carbonyl (C=O) groups excluding carboxylic acids is 2. The van der Waals surface area contributed by atoms with Gasteiger partial charge in [0.25, 0.3) is 0 Å². The summed E-state index contributed by atoms with van der Waals surface area (Å²) < 4.78 is 80.6. The molecule has 3 aromatic carbocycles. The summed E-state index contributed by atoms with van der Waals surface area (Å²) in [5.74, 6) is -1.82. The topological polar surface area (TPSA) is 86.8 Å². The van der Waals surface area contributed by atoms with Gasteiger partial charge >= 0.3 is 6.18 Å². The van der Waals surface area contributed by atoms with Crippen molar-refractivity contribution in [1.82, 2.24) is 10.2 Å². The van der Waals surface area contributed by atoms with Gasteiger partial charge in [0, 0.05) is 19.5 Å². The fourth-order valence-corrected chi connectivity index (χ4v) is 5.33. The predicted molar refractivity (Wildman–Crippen MR) is 157 cm³/mol. The Labute approximate surface area is 253 Å². The highest BCUT2D eigenvalue weighted by molar-refractivity contribution is 7.92. The maximum atomic E-state index is 14.0. The van der Waals surface area contributed by atoms with Gasteiger partial charge < -0.3 is 10.2 Å². The summed E-state index contributed by atoms with van der Waals surface area (Å²) in [5.41, 5.74) is -0.554. The number of hydrogen-bond acceptors (Lipinski definition) is 4. The van der Waals surface area contributed by atoms with E-state index in [-0.39, 0.29) is 18.9 Å². The van der Waals surface area contributed by atoms with Crippen LogP contribution in [-0.4, -0.2) is 50.5 Å². The average molecular weight is 642 g/mol. The minimum Gasteiger partial charge on any atom is -0.354 e. The second-order valence-electron chi connectivity index (χ2n) is 10.4. The average Bonchev–Trinajstić information content (AvgIpc) is 2.93. The van der Waals surface area contributed by atoms with Gasteiger partial charge in [-0.3, -0.25) is 13.9 Å². The Morgan fingerprint density at radius 3 is 2.14 bits per heavy atom. The SMILES string of the molecule is CC(C)CNC(=O)[C@H](Cc1ccccc1)N(Cc1ccc(F)cc1)C(=O)CN(c1ccc(Cl)c(C(F)(F)F)c1)S(C)(=O)=O. The molecular formula is C30H32ClF4N3O4S. The summed E-state index contributed by atoms with van der Waals surface area (Å²) in [6, 6.07) is 15.4. The molecule has 0 aliphatic rings. The zero-order chi connectivity index (χ0) is 31.9. The first-order chi connectivity index (χ1) is 20.1. The van der Waals surface area contributed by atoms with E-state index < -0.39 is 62.7 Å². The largest absolute Gasteiger partial charge is 0.417 e. The molecule has 232 valence electrons. The van der Waals surface area contributed by atoms with Crippen LogP contribution in [0.2, 0.25) is 5.02 Å². The summed E-state index contributed by atoms with van der Waals surface area (Å²) in [4.78, 5) is 28.7. The van der Waals surface area contributed by atoms with Crippen LogP contribution in [0.4, 0.5) is 23.2 Å². The van der Waals surface area contributed by atoms with Crippen LogP contribution in [0.15, 0.2) is 72.8 Å². The van der Waals surface area contributed by atoms with Gasteiger partial charge in [0.2, 0.25) is 21.8 Å². The first kappa shape index (κ1) is 33.9. The molecule has 0 fully saturated rings. The van der Waals surface area contributed by atoms with Gasteiger partial charge in [-0.1, -0.05) is 67.9 Å². The summed E-state index contributed by atoms with van der Waals surface area (Å²) in [6.45, 7) is 2.95. The number of nitrogens with one attached hydrogen (secondary N) is 1. The number of anilines is 1. The minimum atomic E-state index is -4.88. The van der Waals surface area contributed by atoms with Crippen molar-refractivity contribution in [3.05, 3.63) is 100 Å². The number of benzene rings is 3. The lowest BCUT2D eigenvalue weighted by Gasteiger charge is -2.33. The Morgan fingerprint density at radius 1 is 0.953 bits per heavy atom. The molecule has 7 nitrogen and oxygen atoms in total. The van der Waals surface area contributed by atoms with E-state index in [4.69, 9.17) is 11.6 Å². The van der Waals surface area contributed by atoms with Gasteiger partial charge in [-0.05, 0) is 47.4 Å². The number of sulfonamides is 1. The molecule has 0 heterocycles. The first-order valence-corrected chi connectivity index (χ1v) is 15.5. The molecule has 0 spiro atoms. The van der Waals surface area contributed by atoms with Gasteiger partial charge in [0.05, 0.1) is 22.5 Å². The summed E-state index contributed by atoms with van der Waals surface area (Å²) >= 11 is 5.73. The molecule has 43 heavy (non-hydrogen) atoms. The summed E-state index contributed by atoms with van der Waals surface area (Å²) in [7, 11) is -4.30. The van der Waals surface area contributed by atoms with E-state index in [0.29, 0.717) is 28.0 Å². The zero-order valence-corrected chi connectivity index (χ0v) is 25.3. The van der Waals surface area contributed by atoms with Crippen LogP contribution in [-0.2, 0) is 38.8 Å². The van der Waals surface area contributed by atoms with Gasteiger partial charge in [-0.15, -0.1) is 0 Å². The van der Waals surface area contributed by atoms with Crippen LogP contribution >= 0.6 is 11.6 Å². The van der Waals surface area contributed by atoms with Crippen LogP contribution < -0.4 is 9.62 Å². The third kappa shape index (κ3) is 9.69. The Morgan fingerprint density at radius 2 is 1.58 bits per heavy atom. The molecule has 13 heteroatoms. The molecule has 0 aliphatic heterocycles. The smallest absolute Gasteiger partial charge is 0.354 e. The predicted octanol–water partition coefficient (Wildman–Crippen LogP) is 5.68. The van der Waals surface area contributed by atoms with Gasteiger partial charge in [0.15, 0.2) is 0 Å². The molecule has 3 aromatic rings. The van der Waals surface area contributed by atoms with E-state index in [9.17, 15) is 35.6 Å². The van der Waals surface area contributed by atoms with Gasteiger partial charge in [-0.25, -0.2) is 12.8 Å². The molecule has 0 aliphatic carbocycles. The maximum absolute atomic E-state index is 14.0. The molecule has 0 radical (unpaired) electrons. The monoisotopic (exact) mass is 641 g/mol. The molecule has 0 saturated heterocycles.